The molecule has 0 bridgehead atoms. The van der Waals surface area contributed by atoms with Crippen LogP contribution in [0, 0.1) is 19.8 Å². The van der Waals surface area contributed by atoms with Crippen molar-refractivity contribution in [2.75, 3.05) is 0 Å². The second kappa shape index (κ2) is 5.97. The van der Waals surface area contributed by atoms with Crippen molar-refractivity contribution >= 4 is 5.78 Å². The molecule has 1 aromatic rings. The molecular formula is C15H22O2. The lowest BCUT2D eigenvalue weighted by atomic mass is 9.89. The molecule has 1 aromatic carbocycles. The van der Waals surface area contributed by atoms with Gasteiger partial charge in [-0.1, -0.05) is 50.5 Å². The summed E-state index contributed by atoms with van der Waals surface area (Å²) in [5.74, 6) is -0.0839. The topological polar surface area (TPSA) is 37.3 Å². The third-order valence-corrected chi connectivity index (χ3v) is 3.41. The van der Waals surface area contributed by atoms with Gasteiger partial charge in [-0.15, -0.1) is 0 Å². The molecule has 0 saturated carbocycles. The second-order valence-electron chi connectivity index (χ2n) is 4.70. The summed E-state index contributed by atoms with van der Waals surface area (Å²) in [5, 5.41) is 10.1. The van der Waals surface area contributed by atoms with E-state index in [0.717, 1.165) is 24.0 Å². The Labute approximate surface area is 104 Å². The van der Waals surface area contributed by atoms with E-state index in [-0.39, 0.29) is 11.7 Å². The van der Waals surface area contributed by atoms with Gasteiger partial charge in [0, 0.05) is 5.56 Å². The summed E-state index contributed by atoms with van der Waals surface area (Å²) >= 11 is 0. The summed E-state index contributed by atoms with van der Waals surface area (Å²) in [6.07, 6.45) is 0.786. The predicted molar refractivity (Wildman–Crippen MR) is 70.3 cm³/mol. The monoisotopic (exact) mass is 234 g/mol. The van der Waals surface area contributed by atoms with Crippen LogP contribution in [0.1, 0.15) is 48.2 Å². The average molecular weight is 234 g/mol. The minimum absolute atomic E-state index is 0.0585. The van der Waals surface area contributed by atoms with Gasteiger partial charge in [-0.2, -0.15) is 0 Å². The van der Waals surface area contributed by atoms with Crippen LogP contribution in [0.15, 0.2) is 18.2 Å². The molecule has 2 nitrogen and oxygen atoms in total. The van der Waals surface area contributed by atoms with E-state index in [0.29, 0.717) is 5.56 Å². The summed E-state index contributed by atoms with van der Waals surface area (Å²) in [4.78, 5) is 12.2. The lowest BCUT2D eigenvalue weighted by molar-refractivity contribution is 0.0587. The van der Waals surface area contributed by atoms with Gasteiger partial charge < -0.3 is 5.11 Å². The number of benzene rings is 1. The molecule has 0 saturated heterocycles. The Bertz CT molecular complexity index is 392. The Morgan fingerprint density at radius 2 is 1.82 bits per heavy atom. The zero-order valence-electron chi connectivity index (χ0n) is 11.2. The van der Waals surface area contributed by atoms with Crippen molar-refractivity contribution in [1.82, 2.24) is 0 Å². The maximum atomic E-state index is 12.2. The van der Waals surface area contributed by atoms with Gasteiger partial charge in [-0.3, -0.25) is 4.79 Å². The molecule has 0 radical (unpaired) electrons. The minimum Gasteiger partial charge on any atom is -0.385 e. The van der Waals surface area contributed by atoms with Crippen molar-refractivity contribution in [3.05, 3.63) is 34.9 Å². The van der Waals surface area contributed by atoms with Crippen LogP contribution < -0.4 is 0 Å². The molecule has 1 N–H and O–H groups in total. The minimum atomic E-state index is -0.869. The first-order valence-corrected chi connectivity index (χ1v) is 6.30. The van der Waals surface area contributed by atoms with Crippen LogP contribution in [-0.2, 0) is 0 Å². The Hall–Kier alpha value is -1.15. The molecule has 0 fully saturated rings. The highest BCUT2D eigenvalue weighted by Gasteiger charge is 2.25. The molecule has 1 rings (SSSR count). The van der Waals surface area contributed by atoms with Crippen molar-refractivity contribution in [2.45, 2.75) is 46.6 Å². The Kier molecular flexibility index (Phi) is 4.88. The quantitative estimate of drug-likeness (QED) is 0.794. The lowest BCUT2D eigenvalue weighted by Crippen LogP contribution is -2.29. The van der Waals surface area contributed by atoms with E-state index in [1.54, 1.807) is 0 Å². The number of Topliss-reactive ketones (excluding diaryl/α,β-unsaturated/α-hetero) is 1. The largest absolute Gasteiger partial charge is 0.385 e. The summed E-state index contributed by atoms with van der Waals surface area (Å²) in [6, 6.07) is 5.71. The van der Waals surface area contributed by atoms with Crippen molar-refractivity contribution in [2.24, 2.45) is 5.92 Å². The third-order valence-electron chi connectivity index (χ3n) is 3.41. The van der Waals surface area contributed by atoms with E-state index in [2.05, 4.69) is 0 Å². The van der Waals surface area contributed by atoms with Crippen LogP contribution in [0.25, 0.3) is 0 Å². The van der Waals surface area contributed by atoms with Crippen LogP contribution in [-0.4, -0.2) is 17.0 Å². The summed E-state index contributed by atoms with van der Waals surface area (Å²) < 4.78 is 0. The molecule has 0 amide bonds. The molecule has 0 aliphatic rings. The molecule has 0 aliphatic heterocycles. The van der Waals surface area contributed by atoms with Crippen molar-refractivity contribution < 1.29 is 9.90 Å². The summed E-state index contributed by atoms with van der Waals surface area (Å²) in [6.45, 7) is 7.93. The first kappa shape index (κ1) is 13.9. The van der Waals surface area contributed by atoms with E-state index in [9.17, 15) is 9.90 Å². The summed E-state index contributed by atoms with van der Waals surface area (Å²) in [5.41, 5.74) is 2.73. The van der Waals surface area contributed by atoms with E-state index >= 15 is 0 Å². The molecule has 1 atom stereocenters. The van der Waals surface area contributed by atoms with Gasteiger partial charge in [0.15, 0.2) is 5.78 Å². The number of carbonyl (C=O) groups is 1. The molecule has 94 valence electrons. The maximum Gasteiger partial charge on any atom is 0.191 e. The smallest absolute Gasteiger partial charge is 0.191 e. The SMILES string of the molecule is CCC(CC)C(O)C(=O)c1ccc(C)cc1C. The van der Waals surface area contributed by atoms with E-state index < -0.39 is 6.10 Å². The first-order chi connectivity index (χ1) is 8.01. The molecule has 0 aromatic heterocycles. The number of hydrogen-bond donors (Lipinski definition) is 1. The Morgan fingerprint density at radius 3 is 2.29 bits per heavy atom. The number of ketones is 1. The predicted octanol–water partition coefficient (Wildman–Crippen LogP) is 3.28. The van der Waals surface area contributed by atoms with Gasteiger partial charge >= 0.3 is 0 Å². The maximum absolute atomic E-state index is 12.2. The van der Waals surface area contributed by atoms with E-state index in [1.807, 2.05) is 45.9 Å². The highest BCUT2D eigenvalue weighted by molar-refractivity contribution is 6.00. The average Bonchev–Trinajstić information content (AvgIpc) is 2.29. The van der Waals surface area contributed by atoms with Crippen molar-refractivity contribution in [3.8, 4) is 0 Å². The van der Waals surface area contributed by atoms with Crippen LogP contribution in [0.3, 0.4) is 0 Å². The van der Waals surface area contributed by atoms with Crippen LogP contribution in [0.4, 0.5) is 0 Å². The molecule has 2 heteroatoms. The van der Waals surface area contributed by atoms with Gasteiger partial charge in [0.05, 0.1) is 0 Å². The molecular weight excluding hydrogens is 212 g/mol. The van der Waals surface area contributed by atoms with Crippen LogP contribution in [0.2, 0.25) is 0 Å². The standard InChI is InChI=1S/C15H22O2/c1-5-12(6-2)14(16)15(17)13-8-7-10(3)9-11(13)4/h7-9,12,14,16H,5-6H2,1-4H3. The normalized spacial score (nSPS) is 12.8. The lowest BCUT2D eigenvalue weighted by Gasteiger charge is -2.19. The van der Waals surface area contributed by atoms with Crippen LogP contribution >= 0.6 is 0 Å². The number of rotatable bonds is 5. The zero-order chi connectivity index (χ0) is 13.0. The fourth-order valence-electron chi connectivity index (χ4n) is 2.20. The van der Waals surface area contributed by atoms with Crippen molar-refractivity contribution in [1.29, 1.82) is 0 Å². The zero-order valence-corrected chi connectivity index (χ0v) is 11.2. The molecule has 0 heterocycles. The highest BCUT2D eigenvalue weighted by atomic mass is 16.3. The van der Waals surface area contributed by atoms with Gasteiger partial charge in [0.1, 0.15) is 6.10 Å². The fourth-order valence-corrected chi connectivity index (χ4v) is 2.20. The van der Waals surface area contributed by atoms with Gasteiger partial charge in [0.2, 0.25) is 0 Å². The molecule has 0 spiro atoms. The number of aliphatic hydroxyl groups excluding tert-OH is 1. The first-order valence-electron chi connectivity index (χ1n) is 6.30. The van der Waals surface area contributed by atoms with Crippen LogP contribution in [0.5, 0.6) is 0 Å². The molecule has 1 unspecified atom stereocenters. The third kappa shape index (κ3) is 3.16. The second-order valence-corrected chi connectivity index (χ2v) is 4.70. The van der Waals surface area contributed by atoms with E-state index in [1.165, 1.54) is 0 Å². The number of aryl methyl sites for hydroxylation is 2. The highest BCUT2D eigenvalue weighted by Crippen LogP contribution is 2.20. The van der Waals surface area contributed by atoms with Gasteiger partial charge in [-0.05, 0) is 25.3 Å². The number of carbonyl (C=O) groups excluding carboxylic acids is 1. The van der Waals surface area contributed by atoms with E-state index in [4.69, 9.17) is 0 Å². The summed E-state index contributed by atoms with van der Waals surface area (Å²) in [7, 11) is 0. The number of hydrogen-bond acceptors (Lipinski definition) is 2. The van der Waals surface area contributed by atoms with Gasteiger partial charge in [-0.25, -0.2) is 0 Å². The Morgan fingerprint density at radius 1 is 1.24 bits per heavy atom. The number of aliphatic hydroxyl groups is 1. The Balaban J connectivity index is 2.96. The van der Waals surface area contributed by atoms with Gasteiger partial charge in [0.25, 0.3) is 0 Å². The molecule has 0 aliphatic carbocycles. The van der Waals surface area contributed by atoms with Crippen molar-refractivity contribution in [3.63, 3.8) is 0 Å². The molecule has 17 heavy (non-hydrogen) atoms. The fraction of sp³-hybridized carbons (Fsp3) is 0.533.